The molecule has 1 aromatic heterocycles. The molecular weight excluding hydrogens is 276 g/mol. The first-order valence-corrected chi connectivity index (χ1v) is 7.86. The molecule has 1 unspecified atom stereocenters. The lowest BCUT2D eigenvalue weighted by Gasteiger charge is -2.14. The molecule has 20 heavy (non-hydrogen) atoms. The smallest absolute Gasteiger partial charge is 0.240 e. The van der Waals surface area contributed by atoms with Crippen molar-refractivity contribution in [3.8, 4) is 0 Å². The zero-order valence-corrected chi connectivity index (χ0v) is 12.2. The first-order valence-electron chi connectivity index (χ1n) is 6.38. The summed E-state index contributed by atoms with van der Waals surface area (Å²) in [4.78, 5) is 0.265. The minimum absolute atomic E-state index is 0.0879. The van der Waals surface area contributed by atoms with Crippen LogP contribution in [-0.2, 0) is 10.0 Å². The summed E-state index contributed by atoms with van der Waals surface area (Å²) in [5, 5.41) is 9.94. The van der Waals surface area contributed by atoms with Gasteiger partial charge in [-0.1, -0.05) is 6.92 Å². The van der Waals surface area contributed by atoms with Gasteiger partial charge in [0, 0.05) is 24.0 Å². The number of aromatic amines is 1. The fourth-order valence-electron chi connectivity index (χ4n) is 1.83. The van der Waals surface area contributed by atoms with Crippen LogP contribution in [0.1, 0.15) is 25.5 Å². The van der Waals surface area contributed by atoms with E-state index < -0.39 is 10.0 Å². The Hall–Kier alpha value is -1.86. The highest BCUT2D eigenvalue weighted by Crippen LogP contribution is 2.19. The lowest BCUT2D eigenvalue weighted by atomic mass is 10.2. The normalized spacial score (nSPS) is 13.1. The fraction of sp³-hybridized carbons (Fsp3) is 0.308. The SMILES string of the molecule is CCNS(=O)(=O)c1ccc(NC(C)c2cn[nH]c2)cc1. The van der Waals surface area contributed by atoms with Crippen LogP contribution < -0.4 is 10.0 Å². The first kappa shape index (κ1) is 14.5. The van der Waals surface area contributed by atoms with Gasteiger partial charge in [0.15, 0.2) is 0 Å². The lowest BCUT2D eigenvalue weighted by molar-refractivity contribution is 0.584. The van der Waals surface area contributed by atoms with E-state index in [0.29, 0.717) is 6.54 Å². The number of H-pyrrole nitrogens is 1. The Labute approximate surface area is 118 Å². The van der Waals surface area contributed by atoms with E-state index in [4.69, 9.17) is 0 Å². The minimum Gasteiger partial charge on any atom is -0.378 e. The zero-order chi connectivity index (χ0) is 14.6. The van der Waals surface area contributed by atoms with Gasteiger partial charge in [-0.05, 0) is 31.2 Å². The van der Waals surface area contributed by atoms with Crippen LogP contribution in [0.3, 0.4) is 0 Å². The number of rotatable bonds is 6. The van der Waals surface area contributed by atoms with E-state index >= 15 is 0 Å². The largest absolute Gasteiger partial charge is 0.378 e. The quantitative estimate of drug-likeness (QED) is 0.759. The molecule has 0 fully saturated rings. The minimum atomic E-state index is -3.39. The second-order valence-corrected chi connectivity index (χ2v) is 6.19. The molecule has 6 nitrogen and oxygen atoms in total. The van der Waals surface area contributed by atoms with Gasteiger partial charge in [-0.15, -0.1) is 0 Å². The predicted octanol–water partition coefficient (Wildman–Crippen LogP) is 1.88. The van der Waals surface area contributed by atoms with Crippen molar-refractivity contribution in [1.29, 1.82) is 0 Å². The second-order valence-electron chi connectivity index (χ2n) is 4.42. The Bertz CT molecular complexity index is 636. The highest BCUT2D eigenvalue weighted by Gasteiger charge is 2.12. The molecule has 1 heterocycles. The molecule has 0 radical (unpaired) electrons. The Morgan fingerprint density at radius 2 is 2.00 bits per heavy atom. The molecule has 0 aliphatic rings. The summed E-state index contributed by atoms with van der Waals surface area (Å²) in [7, 11) is -3.39. The number of nitrogens with zero attached hydrogens (tertiary/aromatic N) is 1. The highest BCUT2D eigenvalue weighted by molar-refractivity contribution is 7.89. The number of benzene rings is 1. The average Bonchev–Trinajstić information content (AvgIpc) is 2.93. The molecule has 3 N–H and O–H groups in total. The van der Waals surface area contributed by atoms with E-state index in [9.17, 15) is 8.42 Å². The van der Waals surface area contributed by atoms with Crippen molar-refractivity contribution in [1.82, 2.24) is 14.9 Å². The number of hydrogen-bond acceptors (Lipinski definition) is 4. The summed E-state index contributed by atoms with van der Waals surface area (Å²) >= 11 is 0. The van der Waals surface area contributed by atoms with Crippen molar-refractivity contribution in [3.05, 3.63) is 42.2 Å². The van der Waals surface area contributed by atoms with Gasteiger partial charge >= 0.3 is 0 Å². The maximum atomic E-state index is 11.8. The standard InChI is InChI=1S/C13H18N4O2S/c1-3-16-20(18,19)13-6-4-12(5-7-13)17-10(2)11-8-14-15-9-11/h4-10,16-17H,3H2,1-2H3,(H,14,15). The van der Waals surface area contributed by atoms with Crippen LogP contribution in [-0.4, -0.2) is 25.2 Å². The van der Waals surface area contributed by atoms with Gasteiger partial charge in [-0.3, -0.25) is 5.10 Å². The molecule has 0 amide bonds. The van der Waals surface area contributed by atoms with Gasteiger partial charge in [0.25, 0.3) is 0 Å². The Kier molecular flexibility index (Phi) is 4.41. The first-order chi connectivity index (χ1) is 9.53. The second kappa shape index (κ2) is 6.06. The molecule has 1 atom stereocenters. The molecule has 0 aliphatic carbocycles. The summed E-state index contributed by atoms with van der Waals surface area (Å²) in [5.41, 5.74) is 1.89. The number of nitrogens with one attached hydrogen (secondary N) is 3. The predicted molar refractivity (Wildman–Crippen MR) is 77.9 cm³/mol. The molecule has 0 bridgehead atoms. The van der Waals surface area contributed by atoms with Crippen molar-refractivity contribution >= 4 is 15.7 Å². The maximum Gasteiger partial charge on any atom is 0.240 e. The van der Waals surface area contributed by atoms with Gasteiger partial charge in [-0.25, -0.2) is 13.1 Å². The van der Waals surface area contributed by atoms with Gasteiger partial charge in [0.1, 0.15) is 0 Å². The van der Waals surface area contributed by atoms with Crippen LogP contribution in [0.2, 0.25) is 0 Å². The Morgan fingerprint density at radius 3 is 2.55 bits per heavy atom. The average molecular weight is 294 g/mol. The van der Waals surface area contributed by atoms with Crippen LogP contribution in [0.4, 0.5) is 5.69 Å². The lowest BCUT2D eigenvalue weighted by Crippen LogP contribution is -2.23. The van der Waals surface area contributed by atoms with E-state index in [1.807, 2.05) is 13.1 Å². The van der Waals surface area contributed by atoms with Crippen molar-refractivity contribution in [2.24, 2.45) is 0 Å². The molecule has 0 aliphatic heterocycles. The Balaban J connectivity index is 2.09. The van der Waals surface area contributed by atoms with E-state index in [2.05, 4.69) is 20.2 Å². The number of aromatic nitrogens is 2. The molecule has 0 saturated heterocycles. The van der Waals surface area contributed by atoms with Crippen LogP contribution >= 0.6 is 0 Å². The molecule has 0 saturated carbocycles. The van der Waals surface area contributed by atoms with Crippen LogP contribution in [0.25, 0.3) is 0 Å². The maximum absolute atomic E-state index is 11.8. The monoisotopic (exact) mass is 294 g/mol. The highest BCUT2D eigenvalue weighted by atomic mass is 32.2. The molecule has 1 aromatic carbocycles. The molecule has 7 heteroatoms. The third-order valence-corrected chi connectivity index (χ3v) is 4.46. The topological polar surface area (TPSA) is 86.9 Å². The number of hydrogen-bond donors (Lipinski definition) is 3. The summed E-state index contributed by atoms with van der Waals surface area (Å²) in [6.07, 6.45) is 3.57. The summed E-state index contributed by atoms with van der Waals surface area (Å²) in [6, 6.07) is 6.76. The third kappa shape index (κ3) is 3.37. The van der Waals surface area contributed by atoms with E-state index in [0.717, 1.165) is 11.3 Å². The van der Waals surface area contributed by atoms with Crippen molar-refractivity contribution in [2.75, 3.05) is 11.9 Å². The molecule has 108 valence electrons. The number of anilines is 1. The molecule has 2 rings (SSSR count). The summed E-state index contributed by atoms with van der Waals surface area (Å²) in [5.74, 6) is 0. The molecular formula is C13H18N4O2S. The van der Waals surface area contributed by atoms with Crippen molar-refractivity contribution < 1.29 is 8.42 Å². The number of sulfonamides is 1. The van der Waals surface area contributed by atoms with Crippen LogP contribution in [0.5, 0.6) is 0 Å². The third-order valence-electron chi connectivity index (χ3n) is 2.90. The van der Waals surface area contributed by atoms with Gasteiger partial charge in [0.2, 0.25) is 10.0 Å². The van der Waals surface area contributed by atoms with E-state index in [-0.39, 0.29) is 10.9 Å². The van der Waals surface area contributed by atoms with Crippen molar-refractivity contribution in [2.45, 2.75) is 24.8 Å². The van der Waals surface area contributed by atoms with Crippen molar-refractivity contribution in [3.63, 3.8) is 0 Å². The molecule has 2 aromatic rings. The van der Waals surface area contributed by atoms with Gasteiger partial charge in [0.05, 0.1) is 17.1 Å². The zero-order valence-electron chi connectivity index (χ0n) is 11.4. The van der Waals surface area contributed by atoms with E-state index in [1.165, 1.54) is 0 Å². The fourth-order valence-corrected chi connectivity index (χ4v) is 2.88. The van der Waals surface area contributed by atoms with Crippen LogP contribution in [0, 0.1) is 0 Å². The van der Waals surface area contributed by atoms with Gasteiger partial charge < -0.3 is 5.32 Å². The molecule has 0 spiro atoms. The van der Waals surface area contributed by atoms with E-state index in [1.54, 1.807) is 37.4 Å². The summed E-state index contributed by atoms with van der Waals surface area (Å²) < 4.78 is 26.1. The Morgan fingerprint density at radius 1 is 1.30 bits per heavy atom. The van der Waals surface area contributed by atoms with Gasteiger partial charge in [-0.2, -0.15) is 5.10 Å². The summed E-state index contributed by atoms with van der Waals surface area (Å²) in [6.45, 7) is 4.13. The van der Waals surface area contributed by atoms with Crippen LogP contribution in [0.15, 0.2) is 41.6 Å².